The number of amides is 2. The molecule has 0 fully saturated rings. The van der Waals surface area contributed by atoms with E-state index in [-0.39, 0.29) is 24.5 Å². The van der Waals surface area contributed by atoms with E-state index < -0.39 is 0 Å². The van der Waals surface area contributed by atoms with Crippen molar-refractivity contribution in [1.29, 1.82) is 0 Å². The summed E-state index contributed by atoms with van der Waals surface area (Å²) in [6.07, 6.45) is 0.0612. The Morgan fingerprint density at radius 3 is 2.43 bits per heavy atom. The predicted octanol–water partition coefficient (Wildman–Crippen LogP) is 3.36. The van der Waals surface area contributed by atoms with Gasteiger partial charge in [-0.3, -0.25) is 14.9 Å². The predicted molar refractivity (Wildman–Crippen MR) is 109 cm³/mol. The van der Waals surface area contributed by atoms with E-state index in [1.165, 1.54) is 11.3 Å². The molecule has 0 unspecified atom stereocenters. The van der Waals surface area contributed by atoms with Gasteiger partial charge in [-0.2, -0.15) is 0 Å². The molecule has 0 aliphatic rings. The Morgan fingerprint density at radius 1 is 1.04 bits per heavy atom. The van der Waals surface area contributed by atoms with E-state index in [4.69, 9.17) is 4.74 Å². The summed E-state index contributed by atoms with van der Waals surface area (Å²) < 4.78 is 5.54. The first kappa shape index (κ1) is 19.5. The van der Waals surface area contributed by atoms with E-state index >= 15 is 0 Å². The standard InChI is InChI=1S/C20H20N4O3S/c1-13(2)27-16-10-8-14(9-11-16)18(26)21-12-17(25)22-20-24-23-19(28-20)15-6-4-3-5-7-15/h3-11,13H,12H2,1-2H3,(H,21,26)(H,22,24,25). The maximum Gasteiger partial charge on any atom is 0.251 e. The molecule has 0 aliphatic carbocycles. The summed E-state index contributed by atoms with van der Waals surface area (Å²) in [7, 11) is 0. The maximum atomic E-state index is 12.2. The van der Waals surface area contributed by atoms with Gasteiger partial charge in [0, 0.05) is 11.1 Å². The van der Waals surface area contributed by atoms with Crippen LogP contribution in [0.1, 0.15) is 24.2 Å². The number of nitrogens with one attached hydrogen (secondary N) is 2. The second-order valence-electron chi connectivity index (χ2n) is 6.20. The third-order valence-corrected chi connectivity index (χ3v) is 4.48. The van der Waals surface area contributed by atoms with E-state index in [1.54, 1.807) is 24.3 Å². The molecule has 0 spiro atoms. The van der Waals surface area contributed by atoms with Crippen LogP contribution in [0.25, 0.3) is 10.6 Å². The van der Waals surface area contributed by atoms with Gasteiger partial charge >= 0.3 is 0 Å². The Kier molecular flexibility index (Phi) is 6.33. The highest BCUT2D eigenvalue weighted by atomic mass is 32.1. The number of aromatic nitrogens is 2. The van der Waals surface area contributed by atoms with Crippen LogP contribution < -0.4 is 15.4 Å². The van der Waals surface area contributed by atoms with E-state index in [9.17, 15) is 9.59 Å². The van der Waals surface area contributed by atoms with Crippen LogP contribution in [0.3, 0.4) is 0 Å². The molecule has 0 saturated carbocycles. The fourth-order valence-corrected chi connectivity index (χ4v) is 3.12. The van der Waals surface area contributed by atoms with Gasteiger partial charge in [0.1, 0.15) is 10.8 Å². The molecule has 0 aliphatic heterocycles. The number of carbonyl (C=O) groups is 2. The lowest BCUT2D eigenvalue weighted by Gasteiger charge is -2.10. The Hall–Kier alpha value is -3.26. The average molecular weight is 396 g/mol. The first-order valence-corrected chi connectivity index (χ1v) is 9.56. The van der Waals surface area contributed by atoms with Gasteiger partial charge in [0.05, 0.1) is 12.6 Å². The van der Waals surface area contributed by atoms with Crippen LogP contribution in [0.15, 0.2) is 54.6 Å². The van der Waals surface area contributed by atoms with Crippen LogP contribution in [0, 0.1) is 0 Å². The Balaban J connectivity index is 1.50. The molecule has 2 amide bonds. The first-order chi connectivity index (χ1) is 13.5. The molecule has 2 N–H and O–H groups in total. The molecule has 1 heterocycles. The summed E-state index contributed by atoms with van der Waals surface area (Å²) in [5.41, 5.74) is 1.38. The highest BCUT2D eigenvalue weighted by Crippen LogP contribution is 2.25. The number of hydrogen-bond donors (Lipinski definition) is 2. The van der Waals surface area contributed by atoms with E-state index in [1.807, 2.05) is 44.2 Å². The molecule has 0 bridgehead atoms. The van der Waals surface area contributed by atoms with Gasteiger partial charge in [-0.25, -0.2) is 0 Å². The van der Waals surface area contributed by atoms with Crippen LogP contribution in [0.2, 0.25) is 0 Å². The van der Waals surface area contributed by atoms with Crippen molar-refractivity contribution in [3.05, 3.63) is 60.2 Å². The largest absolute Gasteiger partial charge is 0.491 e. The Bertz CT molecular complexity index is 940. The minimum Gasteiger partial charge on any atom is -0.491 e. The molecule has 0 radical (unpaired) electrons. The van der Waals surface area contributed by atoms with Crippen molar-refractivity contribution in [2.75, 3.05) is 11.9 Å². The maximum absolute atomic E-state index is 12.2. The number of anilines is 1. The number of hydrogen-bond acceptors (Lipinski definition) is 6. The third-order valence-electron chi connectivity index (χ3n) is 3.59. The second-order valence-corrected chi connectivity index (χ2v) is 7.18. The number of carbonyl (C=O) groups excluding carboxylic acids is 2. The van der Waals surface area contributed by atoms with Crippen molar-refractivity contribution in [2.45, 2.75) is 20.0 Å². The smallest absolute Gasteiger partial charge is 0.251 e. The summed E-state index contributed by atoms with van der Waals surface area (Å²) >= 11 is 1.27. The zero-order valence-corrected chi connectivity index (χ0v) is 16.3. The Morgan fingerprint density at radius 2 is 1.75 bits per heavy atom. The molecule has 0 atom stereocenters. The van der Waals surface area contributed by atoms with Crippen LogP contribution >= 0.6 is 11.3 Å². The number of ether oxygens (including phenoxy) is 1. The lowest BCUT2D eigenvalue weighted by atomic mass is 10.2. The molecular formula is C20H20N4O3S. The van der Waals surface area contributed by atoms with Crippen LogP contribution in [-0.4, -0.2) is 34.7 Å². The fourth-order valence-electron chi connectivity index (χ4n) is 2.35. The SMILES string of the molecule is CC(C)Oc1ccc(C(=O)NCC(=O)Nc2nnc(-c3ccccc3)s2)cc1. The Labute approximate surface area is 166 Å². The zero-order valence-electron chi connectivity index (χ0n) is 15.5. The topological polar surface area (TPSA) is 93.2 Å². The quantitative estimate of drug-likeness (QED) is 0.639. The van der Waals surface area contributed by atoms with Crippen molar-refractivity contribution in [3.8, 4) is 16.3 Å². The summed E-state index contributed by atoms with van der Waals surface area (Å²) in [4.78, 5) is 24.2. The molecule has 7 nitrogen and oxygen atoms in total. The average Bonchev–Trinajstić information content (AvgIpc) is 3.15. The van der Waals surface area contributed by atoms with Gasteiger partial charge in [-0.05, 0) is 38.1 Å². The minimum absolute atomic E-state index is 0.0612. The van der Waals surface area contributed by atoms with E-state index in [0.717, 1.165) is 5.56 Å². The molecule has 8 heteroatoms. The summed E-state index contributed by atoms with van der Waals surface area (Å²) in [6, 6.07) is 16.3. The first-order valence-electron chi connectivity index (χ1n) is 8.75. The van der Waals surface area contributed by atoms with Crippen molar-refractivity contribution >= 4 is 28.3 Å². The van der Waals surface area contributed by atoms with Crippen molar-refractivity contribution in [3.63, 3.8) is 0 Å². The highest BCUT2D eigenvalue weighted by molar-refractivity contribution is 7.18. The van der Waals surface area contributed by atoms with Crippen molar-refractivity contribution in [1.82, 2.24) is 15.5 Å². The normalized spacial score (nSPS) is 10.5. The van der Waals surface area contributed by atoms with Gasteiger partial charge in [0.25, 0.3) is 5.91 Å². The van der Waals surface area contributed by atoms with Gasteiger partial charge < -0.3 is 10.1 Å². The molecular weight excluding hydrogens is 376 g/mol. The van der Waals surface area contributed by atoms with Crippen LogP contribution in [0.4, 0.5) is 5.13 Å². The van der Waals surface area contributed by atoms with Crippen molar-refractivity contribution < 1.29 is 14.3 Å². The molecule has 3 aromatic rings. The summed E-state index contributed by atoms with van der Waals surface area (Å²) in [5.74, 6) is -0.0212. The van der Waals surface area contributed by atoms with Gasteiger partial charge in [0.15, 0.2) is 0 Å². The van der Waals surface area contributed by atoms with Gasteiger partial charge in [-0.1, -0.05) is 41.7 Å². The fraction of sp³-hybridized carbons (Fsp3) is 0.200. The molecule has 28 heavy (non-hydrogen) atoms. The van der Waals surface area contributed by atoms with E-state index in [0.29, 0.717) is 21.5 Å². The highest BCUT2D eigenvalue weighted by Gasteiger charge is 2.12. The molecule has 3 rings (SSSR count). The zero-order chi connectivity index (χ0) is 19.9. The molecule has 144 valence electrons. The second kappa shape index (κ2) is 9.09. The number of rotatable bonds is 7. The van der Waals surface area contributed by atoms with Gasteiger partial charge in [-0.15, -0.1) is 10.2 Å². The molecule has 1 aromatic heterocycles. The van der Waals surface area contributed by atoms with Gasteiger partial charge in [0.2, 0.25) is 11.0 Å². The number of benzene rings is 2. The third kappa shape index (κ3) is 5.37. The van der Waals surface area contributed by atoms with Crippen molar-refractivity contribution in [2.24, 2.45) is 0 Å². The van der Waals surface area contributed by atoms with E-state index in [2.05, 4.69) is 20.8 Å². The summed E-state index contributed by atoms with van der Waals surface area (Å²) in [6.45, 7) is 3.70. The summed E-state index contributed by atoms with van der Waals surface area (Å²) in [5, 5.41) is 14.3. The molecule has 0 saturated heterocycles. The molecule has 2 aromatic carbocycles. The van der Waals surface area contributed by atoms with Crippen LogP contribution in [0.5, 0.6) is 5.75 Å². The lowest BCUT2D eigenvalue weighted by molar-refractivity contribution is -0.115. The monoisotopic (exact) mass is 396 g/mol. The lowest BCUT2D eigenvalue weighted by Crippen LogP contribution is -2.32. The van der Waals surface area contributed by atoms with Crippen LogP contribution in [-0.2, 0) is 4.79 Å². The minimum atomic E-state index is -0.371. The number of nitrogens with zero attached hydrogens (tertiary/aromatic N) is 2.